The first kappa shape index (κ1) is 17.1. The summed E-state index contributed by atoms with van der Waals surface area (Å²) in [7, 11) is 1.89. The number of nitrogens with zero attached hydrogens (tertiary/aromatic N) is 7. The van der Waals surface area contributed by atoms with E-state index in [-0.39, 0.29) is 11.6 Å². The van der Waals surface area contributed by atoms with E-state index in [1.165, 1.54) is 10.9 Å². The minimum atomic E-state index is -0.557. The molecule has 10 heteroatoms. The Morgan fingerprint density at radius 1 is 1.24 bits per heavy atom. The van der Waals surface area contributed by atoms with E-state index in [9.17, 15) is 14.9 Å². The molecule has 1 fully saturated rings. The fourth-order valence-corrected chi connectivity index (χ4v) is 2.95. The van der Waals surface area contributed by atoms with Crippen molar-refractivity contribution in [1.82, 2.24) is 29.4 Å². The van der Waals surface area contributed by atoms with Crippen molar-refractivity contribution >= 4 is 11.6 Å². The van der Waals surface area contributed by atoms with Crippen LogP contribution in [0.2, 0.25) is 0 Å². The molecule has 0 bridgehead atoms. The number of rotatable bonds is 5. The van der Waals surface area contributed by atoms with Crippen molar-refractivity contribution in [1.29, 1.82) is 0 Å². The van der Waals surface area contributed by atoms with Gasteiger partial charge in [-0.1, -0.05) is 0 Å². The molecule has 0 saturated carbocycles. The molecule has 134 valence electrons. The molecule has 1 atom stereocenters. The lowest BCUT2D eigenvalue weighted by molar-refractivity contribution is -0.385. The number of carbonyl (C=O) groups is 1. The van der Waals surface area contributed by atoms with Gasteiger partial charge in [0.1, 0.15) is 18.4 Å². The quantitative estimate of drug-likeness (QED) is 0.574. The topological polar surface area (TPSA) is 102 Å². The predicted molar refractivity (Wildman–Crippen MR) is 88.7 cm³/mol. The standard InChI is InChI=1S/C15H21N7O3/c1-12(21-11-14(8-17-21)22(24)25)15(23)20-5-3-19(4-6-20)10-13-7-16-18(2)9-13/h7-9,11-12H,3-6,10H2,1-2H3. The number of hydrogen-bond donors (Lipinski definition) is 0. The Morgan fingerprint density at radius 3 is 2.52 bits per heavy atom. The molecule has 1 amide bonds. The van der Waals surface area contributed by atoms with Crippen LogP contribution in [0.3, 0.4) is 0 Å². The van der Waals surface area contributed by atoms with Gasteiger partial charge in [0.2, 0.25) is 5.91 Å². The minimum absolute atomic E-state index is 0.0703. The van der Waals surface area contributed by atoms with E-state index in [1.807, 2.05) is 19.4 Å². The van der Waals surface area contributed by atoms with Crippen LogP contribution >= 0.6 is 0 Å². The van der Waals surface area contributed by atoms with Crippen LogP contribution < -0.4 is 0 Å². The minimum Gasteiger partial charge on any atom is -0.338 e. The molecule has 0 spiro atoms. The largest absolute Gasteiger partial charge is 0.338 e. The Hall–Kier alpha value is -2.75. The molecule has 1 aliphatic rings. The Bertz CT molecular complexity index is 761. The highest BCUT2D eigenvalue weighted by atomic mass is 16.6. The summed E-state index contributed by atoms with van der Waals surface area (Å²) in [5, 5.41) is 18.8. The first-order chi connectivity index (χ1) is 11.9. The fourth-order valence-electron chi connectivity index (χ4n) is 2.95. The second-order valence-corrected chi connectivity index (χ2v) is 6.24. The van der Waals surface area contributed by atoms with Crippen LogP contribution in [0.25, 0.3) is 0 Å². The van der Waals surface area contributed by atoms with Crippen LogP contribution in [0.15, 0.2) is 24.8 Å². The summed E-state index contributed by atoms with van der Waals surface area (Å²) < 4.78 is 3.13. The van der Waals surface area contributed by atoms with Gasteiger partial charge in [-0.05, 0) is 6.92 Å². The maximum absolute atomic E-state index is 12.6. The summed E-state index contributed by atoms with van der Waals surface area (Å²) in [6.45, 7) is 5.36. The molecule has 0 aromatic carbocycles. The average molecular weight is 347 g/mol. The SMILES string of the molecule is CC(C(=O)N1CCN(Cc2cnn(C)c2)CC1)n1cc([N+](=O)[O-])cn1. The number of piperazine rings is 1. The van der Waals surface area contributed by atoms with Crippen molar-refractivity contribution < 1.29 is 9.72 Å². The van der Waals surface area contributed by atoms with Gasteiger partial charge >= 0.3 is 5.69 Å². The molecule has 2 aromatic heterocycles. The fraction of sp³-hybridized carbons (Fsp3) is 0.533. The van der Waals surface area contributed by atoms with Crippen LogP contribution in [0.1, 0.15) is 18.5 Å². The first-order valence-corrected chi connectivity index (χ1v) is 8.11. The second kappa shape index (κ2) is 7.01. The van der Waals surface area contributed by atoms with Crippen molar-refractivity contribution in [3.05, 3.63) is 40.5 Å². The van der Waals surface area contributed by atoms with Gasteiger partial charge in [-0.2, -0.15) is 10.2 Å². The molecule has 1 unspecified atom stereocenters. The molecule has 2 aromatic rings. The molecule has 1 aliphatic heterocycles. The number of hydrogen-bond acceptors (Lipinski definition) is 6. The zero-order valence-electron chi connectivity index (χ0n) is 14.3. The maximum Gasteiger partial charge on any atom is 0.307 e. The third-order valence-electron chi connectivity index (χ3n) is 4.40. The van der Waals surface area contributed by atoms with E-state index in [4.69, 9.17) is 0 Å². The summed E-state index contributed by atoms with van der Waals surface area (Å²) in [4.78, 5) is 26.9. The lowest BCUT2D eigenvalue weighted by Gasteiger charge is -2.35. The predicted octanol–water partition coefficient (Wildman–Crippen LogP) is 0.430. The zero-order chi connectivity index (χ0) is 18.0. The number of amides is 1. The van der Waals surface area contributed by atoms with Crippen LogP contribution in [-0.4, -0.2) is 66.4 Å². The van der Waals surface area contributed by atoms with Gasteiger partial charge < -0.3 is 4.90 Å². The van der Waals surface area contributed by atoms with E-state index in [0.717, 1.165) is 31.4 Å². The van der Waals surface area contributed by atoms with Gasteiger partial charge in [0.15, 0.2) is 0 Å². The van der Waals surface area contributed by atoms with Crippen LogP contribution in [0, 0.1) is 10.1 Å². The number of nitro groups is 1. The molecule has 25 heavy (non-hydrogen) atoms. The van der Waals surface area contributed by atoms with Gasteiger partial charge in [0, 0.05) is 51.5 Å². The monoisotopic (exact) mass is 347 g/mol. The molecule has 0 N–H and O–H groups in total. The smallest absolute Gasteiger partial charge is 0.307 e. The molecule has 1 saturated heterocycles. The van der Waals surface area contributed by atoms with E-state index in [1.54, 1.807) is 16.5 Å². The summed E-state index contributed by atoms with van der Waals surface area (Å²) >= 11 is 0. The Balaban J connectivity index is 1.54. The number of aryl methyl sites for hydroxylation is 1. The summed E-state index contributed by atoms with van der Waals surface area (Å²) in [5.74, 6) is -0.0703. The number of carbonyl (C=O) groups excluding carboxylic acids is 1. The number of aromatic nitrogens is 4. The molecular formula is C15H21N7O3. The van der Waals surface area contributed by atoms with E-state index >= 15 is 0 Å². The third-order valence-corrected chi connectivity index (χ3v) is 4.40. The summed E-state index contributed by atoms with van der Waals surface area (Å²) in [5.41, 5.74) is 1.04. The van der Waals surface area contributed by atoms with Crippen molar-refractivity contribution in [2.75, 3.05) is 26.2 Å². The average Bonchev–Trinajstić information content (AvgIpc) is 3.23. The van der Waals surface area contributed by atoms with Crippen LogP contribution in [0.4, 0.5) is 5.69 Å². The Kier molecular flexibility index (Phi) is 4.79. The van der Waals surface area contributed by atoms with Crippen LogP contribution in [0.5, 0.6) is 0 Å². The van der Waals surface area contributed by atoms with Gasteiger partial charge in [-0.3, -0.25) is 29.2 Å². The molecule has 3 heterocycles. The maximum atomic E-state index is 12.6. The molecule has 3 rings (SSSR count). The second-order valence-electron chi connectivity index (χ2n) is 6.24. The normalized spacial score (nSPS) is 16.8. The molecule has 10 nitrogen and oxygen atoms in total. The van der Waals surface area contributed by atoms with Gasteiger partial charge in [0.25, 0.3) is 0 Å². The molecule has 0 radical (unpaired) electrons. The van der Waals surface area contributed by atoms with Crippen molar-refractivity contribution in [2.45, 2.75) is 19.5 Å². The van der Waals surface area contributed by atoms with E-state index in [0.29, 0.717) is 13.1 Å². The van der Waals surface area contributed by atoms with Crippen LogP contribution in [-0.2, 0) is 18.4 Å². The molecular weight excluding hydrogens is 326 g/mol. The van der Waals surface area contributed by atoms with E-state index in [2.05, 4.69) is 15.1 Å². The van der Waals surface area contributed by atoms with Gasteiger partial charge in [-0.25, -0.2) is 0 Å². The Morgan fingerprint density at radius 2 is 1.96 bits per heavy atom. The highest BCUT2D eigenvalue weighted by molar-refractivity contribution is 5.80. The van der Waals surface area contributed by atoms with Gasteiger partial charge in [0.05, 0.1) is 11.1 Å². The molecule has 0 aliphatic carbocycles. The first-order valence-electron chi connectivity index (χ1n) is 8.11. The zero-order valence-corrected chi connectivity index (χ0v) is 14.3. The lowest BCUT2D eigenvalue weighted by Crippen LogP contribution is -2.49. The van der Waals surface area contributed by atoms with Gasteiger partial charge in [-0.15, -0.1) is 0 Å². The third kappa shape index (κ3) is 3.85. The summed E-state index contributed by atoms with van der Waals surface area (Å²) in [6.07, 6.45) is 6.30. The van der Waals surface area contributed by atoms with Crippen molar-refractivity contribution in [2.24, 2.45) is 7.05 Å². The Labute approximate surface area is 144 Å². The highest BCUT2D eigenvalue weighted by Crippen LogP contribution is 2.16. The summed E-state index contributed by atoms with van der Waals surface area (Å²) in [6, 6.07) is -0.557. The van der Waals surface area contributed by atoms with Crippen molar-refractivity contribution in [3.63, 3.8) is 0 Å². The van der Waals surface area contributed by atoms with E-state index < -0.39 is 11.0 Å². The lowest BCUT2D eigenvalue weighted by atomic mass is 10.2. The van der Waals surface area contributed by atoms with Crippen molar-refractivity contribution in [3.8, 4) is 0 Å². The highest BCUT2D eigenvalue weighted by Gasteiger charge is 2.27.